The highest BCUT2D eigenvalue weighted by atomic mass is 32.2. The van der Waals surface area contributed by atoms with E-state index in [4.69, 9.17) is 5.84 Å². The first kappa shape index (κ1) is 14.9. The molecule has 4 N–H and O–H groups in total. The molecule has 5 nitrogen and oxygen atoms in total. The quantitative estimate of drug-likeness (QED) is 0.544. The number of benzene rings is 1. The van der Waals surface area contributed by atoms with Gasteiger partial charge in [0.25, 0.3) is 0 Å². The molecule has 0 heterocycles. The molecule has 18 heavy (non-hydrogen) atoms. The SMILES string of the molecule is CCCC(C)(C)NS(=O)(=O)c1ccc(NN)cc1. The Morgan fingerprint density at radius 2 is 1.78 bits per heavy atom. The Labute approximate surface area is 109 Å². The number of hydrazine groups is 1. The minimum absolute atomic E-state index is 0.241. The molecule has 0 saturated carbocycles. The maximum Gasteiger partial charge on any atom is 0.241 e. The van der Waals surface area contributed by atoms with E-state index >= 15 is 0 Å². The van der Waals surface area contributed by atoms with Gasteiger partial charge in [0.1, 0.15) is 0 Å². The van der Waals surface area contributed by atoms with Crippen molar-refractivity contribution in [1.82, 2.24) is 4.72 Å². The predicted octanol–water partition coefficient (Wildman–Crippen LogP) is 1.83. The van der Waals surface area contributed by atoms with E-state index in [9.17, 15) is 8.42 Å². The third-order valence-electron chi connectivity index (χ3n) is 2.62. The molecular weight excluding hydrogens is 250 g/mol. The van der Waals surface area contributed by atoms with Crippen molar-refractivity contribution in [2.45, 2.75) is 44.0 Å². The molecule has 0 fully saturated rings. The number of sulfonamides is 1. The predicted molar refractivity (Wildman–Crippen MR) is 73.6 cm³/mol. The zero-order valence-electron chi connectivity index (χ0n) is 11.0. The summed E-state index contributed by atoms with van der Waals surface area (Å²) in [7, 11) is -3.48. The molecule has 0 saturated heterocycles. The molecule has 0 bridgehead atoms. The van der Waals surface area contributed by atoms with Gasteiger partial charge >= 0.3 is 0 Å². The minimum atomic E-state index is -3.48. The van der Waals surface area contributed by atoms with Crippen LogP contribution in [0.1, 0.15) is 33.6 Å². The summed E-state index contributed by atoms with van der Waals surface area (Å²) in [5.74, 6) is 5.24. The third-order valence-corrected chi connectivity index (χ3v) is 4.33. The second-order valence-electron chi connectivity index (χ2n) is 4.91. The van der Waals surface area contributed by atoms with Crippen molar-refractivity contribution in [3.05, 3.63) is 24.3 Å². The summed E-state index contributed by atoms with van der Waals surface area (Å²) in [5, 5.41) is 0. The van der Waals surface area contributed by atoms with E-state index in [1.807, 2.05) is 20.8 Å². The molecule has 0 aliphatic carbocycles. The Morgan fingerprint density at radius 3 is 2.22 bits per heavy atom. The lowest BCUT2D eigenvalue weighted by Crippen LogP contribution is -2.43. The fraction of sp³-hybridized carbons (Fsp3) is 0.500. The molecule has 0 spiro atoms. The molecule has 1 aromatic carbocycles. The van der Waals surface area contributed by atoms with Crippen LogP contribution in [0.25, 0.3) is 0 Å². The lowest BCUT2D eigenvalue weighted by Gasteiger charge is -2.25. The van der Waals surface area contributed by atoms with Crippen molar-refractivity contribution in [3.63, 3.8) is 0 Å². The van der Waals surface area contributed by atoms with Crippen LogP contribution in [0.2, 0.25) is 0 Å². The van der Waals surface area contributed by atoms with Gasteiger partial charge in [0, 0.05) is 11.2 Å². The number of rotatable bonds is 6. The van der Waals surface area contributed by atoms with Gasteiger partial charge in [-0.25, -0.2) is 13.1 Å². The van der Waals surface area contributed by atoms with E-state index in [0.29, 0.717) is 5.69 Å². The van der Waals surface area contributed by atoms with Crippen molar-refractivity contribution < 1.29 is 8.42 Å². The first-order valence-corrected chi connectivity index (χ1v) is 7.40. The highest BCUT2D eigenvalue weighted by Crippen LogP contribution is 2.18. The Morgan fingerprint density at radius 1 is 1.22 bits per heavy atom. The van der Waals surface area contributed by atoms with Crippen molar-refractivity contribution >= 4 is 15.7 Å². The van der Waals surface area contributed by atoms with E-state index in [-0.39, 0.29) is 4.90 Å². The van der Waals surface area contributed by atoms with Crippen LogP contribution in [-0.2, 0) is 10.0 Å². The maximum atomic E-state index is 12.2. The van der Waals surface area contributed by atoms with E-state index in [0.717, 1.165) is 12.8 Å². The number of anilines is 1. The lowest BCUT2D eigenvalue weighted by molar-refractivity contribution is 0.418. The summed E-state index contributed by atoms with van der Waals surface area (Å²) in [4.78, 5) is 0.241. The lowest BCUT2D eigenvalue weighted by atomic mass is 10.0. The van der Waals surface area contributed by atoms with Crippen LogP contribution < -0.4 is 16.0 Å². The number of hydrogen-bond acceptors (Lipinski definition) is 4. The first-order valence-electron chi connectivity index (χ1n) is 5.91. The summed E-state index contributed by atoms with van der Waals surface area (Å²) < 4.78 is 27.0. The van der Waals surface area contributed by atoms with Gasteiger partial charge in [-0.05, 0) is 44.5 Å². The van der Waals surface area contributed by atoms with Gasteiger partial charge in [-0.2, -0.15) is 0 Å². The van der Waals surface area contributed by atoms with Gasteiger partial charge < -0.3 is 5.43 Å². The van der Waals surface area contributed by atoms with Crippen LogP contribution in [0.3, 0.4) is 0 Å². The molecule has 0 unspecified atom stereocenters. The highest BCUT2D eigenvalue weighted by Gasteiger charge is 2.25. The smallest absolute Gasteiger partial charge is 0.241 e. The summed E-state index contributed by atoms with van der Waals surface area (Å²) >= 11 is 0. The van der Waals surface area contributed by atoms with Gasteiger partial charge in [0.05, 0.1) is 4.90 Å². The molecule has 0 radical (unpaired) electrons. The number of hydrogen-bond donors (Lipinski definition) is 3. The average Bonchev–Trinajstić information content (AvgIpc) is 2.27. The molecule has 0 amide bonds. The van der Waals surface area contributed by atoms with Gasteiger partial charge in [-0.3, -0.25) is 5.84 Å². The van der Waals surface area contributed by atoms with E-state index < -0.39 is 15.6 Å². The summed E-state index contributed by atoms with van der Waals surface area (Å²) in [6.45, 7) is 5.78. The summed E-state index contributed by atoms with van der Waals surface area (Å²) in [6.07, 6.45) is 1.71. The van der Waals surface area contributed by atoms with Crippen LogP contribution in [0.5, 0.6) is 0 Å². The Kier molecular flexibility index (Phi) is 4.72. The van der Waals surface area contributed by atoms with Crippen LogP contribution in [0.15, 0.2) is 29.2 Å². The minimum Gasteiger partial charge on any atom is -0.324 e. The molecule has 0 aromatic heterocycles. The van der Waals surface area contributed by atoms with Crippen molar-refractivity contribution in [2.24, 2.45) is 5.84 Å². The summed E-state index contributed by atoms with van der Waals surface area (Å²) in [5.41, 5.74) is 2.68. The van der Waals surface area contributed by atoms with Gasteiger partial charge in [-0.1, -0.05) is 13.3 Å². The maximum absolute atomic E-state index is 12.2. The number of nitrogens with one attached hydrogen (secondary N) is 2. The molecule has 102 valence electrons. The van der Waals surface area contributed by atoms with E-state index in [2.05, 4.69) is 10.1 Å². The fourth-order valence-corrected chi connectivity index (χ4v) is 3.27. The zero-order valence-corrected chi connectivity index (χ0v) is 11.8. The monoisotopic (exact) mass is 271 g/mol. The standard InChI is InChI=1S/C12H21N3O2S/c1-4-9-12(2,3)15-18(16,17)11-7-5-10(14-13)6-8-11/h5-8,14-15H,4,9,13H2,1-3H3. The van der Waals surface area contributed by atoms with Gasteiger partial charge in [0.2, 0.25) is 10.0 Å². The van der Waals surface area contributed by atoms with Crippen molar-refractivity contribution in [2.75, 3.05) is 5.43 Å². The van der Waals surface area contributed by atoms with Gasteiger partial charge in [0.15, 0.2) is 0 Å². The molecule has 1 rings (SSSR count). The second kappa shape index (κ2) is 5.69. The molecule has 0 aliphatic heterocycles. The number of nitrogens with two attached hydrogens (primary N) is 1. The zero-order chi connectivity index (χ0) is 13.8. The topological polar surface area (TPSA) is 84.2 Å². The Hall–Kier alpha value is -1.11. The highest BCUT2D eigenvalue weighted by molar-refractivity contribution is 7.89. The second-order valence-corrected chi connectivity index (χ2v) is 6.59. The van der Waals surface area contributed by atoms with Crippen molar-refractivity contribution in [1.29, 1.82) is 0 Å². The first-order chi connectivity index (χ1) is 8.30. The molecule has 0 atom stereocenters. The van der Waals surface area contributed by atoms with Gasteiger partial charge in [-0.15, -0.1) is 0 Å². The molecule has 1 aromatic rings. The average molecular weight is 271 g/mol. The largest absolute Gasteiger partial charge is 0.324 e. The Balaban J connectivity index is 2.92. The fourth-order valence-electron chi connectivity index (χ4n) is 1.83. The Bertz CT molecular complexity index is 481. The molecule has 0 aliphatic rings. The van der Waals surface area contributed by atoms with Crippen molar-refractivity contribution in [3.8, 4) is 0 Å². The van der Waals surface area contributed by atoms with E-state index in [1.165, 1.54) is 12.1 Å². The van der Waals surface area contributed by atoms with Crippen LogP contribution in [-0.4, -0.2) is 14.0 Å². The van der Waals surface area contributed by atoms with E-state index in [1.54, 1.807) is 12.1 Å². The van der Waals surface area contributed by atoms with Crippen LogP contribution in [0, 0.1) is 0 Å². The molecule has 6 heteroatoms. The summed E-state index contributed by atoms with van der Waals surface area (Å²) in [6, 6.07) is 6.31. The van der Waals surface area contributed by atoms with Crippen LogP contribution >= 0.6 is 0 Å². The third kappa shape index (κ3) is 3.97. The number of nitrogen functional groups attached to an aromatic ring is 1. The van der Waals surface area contributed by atoms with Crippen LogP contribution in [0.4, 0.5) is 5.69 Å². The normalized spacial score (nSPS) is 12.4. The molecular formula is C12H21N3O2S.